The number of anilines is 3. The summed E-state index contributed by atoms with van der Waals surface area (Å²) in [5.74, 6) is -1.14. The van der Waals surface area contributed by atoms with E-state index in [1.165, 1.54) is 12.8 Å². The zero-order valence-corrected chi connectivity index (χ0v) is 52.3. The van der Waals surface area contributed by atoms with Crippen LogP contribution in [0.25, 0.3) is 33.8 Å². The van der Waals surface area contributed by atoms with Crippen LogP contribution in [0, 0.1) is 20.8 Å². The highest BCUT2D eigenvalue weighted by Gasteiger charge is 2.31. The normalized spacial score (nSPS) is 12.6. The lowest BCUT2D eigenvalue weighted by Crippen LogP contribution is -2.54. The van der Waals surface area contributed by atoms with Crippen molar-refractivity contribution in [2.24, 2.45) is 0 Å². The number of methoxy groups -OCH3 is 2. The molecule has 0 saturated carbocycles. The van der Waals surface area contributed by atoms with Crippen LogP contribution in [0.2, 0.25) is 0 Å². The molecule has 2 saturated heterocycles. The van der Waals surface area contributed by atoms with Gasteiger partial charge >= 0.3 is 0 Å². The van der Waals surface area contributed by atoms with E-state index in [2.05, 4.69) is 56.1 Å². The van der Waals surface area contributed by atoms with Gasteiger partial charge in [-0.3, -0.25) is 43.7 Å². The molecule has 5 heterocycles. The van der Waals surface area contributed by atoms with E-state index in [0.29, 0.717) is 101 Å². The molecule has 9 aromatic rings. The first-order valence-electron chi connectivity index (χ1n) is 30.1. The molecule has 4 N–H and O–H groups in total. The Labute approximate surface area is 545 Å². The molecule has 92 heavy (non-hydrogen) atoms. The van der Waals surface area contributed by atoms with Gasteiger partial charge in [0.15, 0.2) is 0 Å². The van der Waals surface area contributed by atoms with E-state index in [1.807, 2.05) is 115 Å². The van der Waals surface area contributed by atoms with E-state index in [4.69, 9.17) is 9.47 Å². The fourth-order valence-electron chi connectivity index (χ4n) is 9.83. The van der Waals surface area contributed by atoms with Gasteiger partial charge in [0.2, 0.25) is 0 Å². The zero-order chi connectivity index (χ0) is 64.9. The SMILES string of the molecule is COC1CN(C(=O)c2ccc(-c3cnc(C)c(C(=O)Nc4ccccc4)n3)cc2)C1.COCCN(C)C(=O)c1ccc(-c2cnc(C)c(C(=O)Nc3ccccc3)n2)cc1.Cc1ncc(-c2ccc(C(=O)NCCN3CCCC3)cc2)nc1C(=O)Nc1ccccc1.[HH].[HH].[HH].[HH].[HH].[HH].[HH]. The summed E-state index contributed by atoms with van der Waals surface area (Å²) in [5, 5.41) is 11.5. The number of likely N-dealkylation sites (N-methyl/N-ethyl adjacent to an activating group) is 1. The second kappa shape index (κ2) is 32.1. The number of carbonyl (C=O) groups is 6. The van der Waals surface area contributed by atoms with Crippen molar-refractivity contribution < 1.29 is 48.2 Å². The molecule has 0 unspecified atom stereocenters. The van der Waals surface area contributed by atoms with Crippen LogP contribution in [-0.2, 0) is 9.47 Å². The van der Waals surface area contributed by atoms with Crippen LogP contribution < -0.4 is 21.3 Å². The minimum Gasteiger partial charge on any atom is -0.383 e. The van der Waals surface area contributed by atoms with E-state index in [0.717, 1.165) is 36.3 Å². The molecule has 2 aliphatic heterocycles. The van der Waals surface area contributed by atoms with Gasteiger partial charge in [-0.25, -0.2) is 15.0 Å². The molecule has 21 nitrogen and oxygen atoms in total. The van der Waals surface area contributed by atoms with Gasteiger partial charge < -0.3 is 45.4 Å². The summed E-state index contributed by atoms with van der Waals surface area (Å²) in [6.45, 7) is 11.2. The van der Waals surface area contributed by atoms with Gasteiger partial charge in [-0.05, 0) is 119 Å². The molecule has 11 rings (SSSR count). The molecule has 0 aliphatic carbocycles. The lowest BCUT2D eigenvalue weighted by Gasteiger charge is -2.38. The lowest BCUT2D eigenvalue weighted by molar-refractivity contribution is -0.0191. The predicted molar refractivity (Wildman–Crippen MR) is 368 cm³/mol. The van der Waals surface area contributed by atoms with Gasteiger partial charge in [-0.15, -0.1) is 0 Å². The van der Waals surface area contributed by atoms with Crippen LogP contribution >= 0.6 is 0 Å². The van der Waals surface area contributed by atoms with Crippen molar-refractivity contribution in [1.82, 2.24) is 49.9 Å². The fraction of sp³-hybridized carbons (Fsp3) is 0.239. The van der Waals surface area contributed by atoms with E-state index < -0.39 is 0 Å². The lowest BCUT2D eigenvalue weighted by atomic mass is 10.1. The Bertz CT molecular complexity index is 3860. The number of ether oxygens (including phenoxy) is 2. The number of likely N-dealkylation sites (tertiary alicyclic amines) is 2. The molecule has 0 spiro atoms. The Morgan fingerprint density at radius 3 is 1.27 bits per heavy atom. The van der Waals surface area contributed by atoms with Gasteiger partial charge in [0.25, 0.3) is 35.4 Å². The third-order valence-electron chi connectivity index (χ3n) is 15.3. The molecule has 0 bridgehead atoms. The van der Waals surface area contributed by atoms with Crippen LogP contribution in [0.4, 0.5) is 17.1 Å². The van der Waals surface area contributed by atoms with Gasteiger partial charge in [-0.1, -0.05) is 91.0 Å². The van der Waals surface area contributed by atoms with Crippen molar-refractivity contribution in [3.05, 3.63) is 233 Å². The smallest absolute Gasteiger partial charge is 0.276 e. The summed E-state index contributed by atoms with van der Waals surface area (Å²) in [7, 11) is 4.99. The number of carbonyl (C=O) groups excluding carboxylic acids is 6. The molecular weight excluding hydrogens is 1160 g/mol. The summed E-state index contributed by atoms with van der Waals surface area (Å²) in [6, 6.07) is 49.1. The molecular formula is C71H87N13O8. The number of nitrogens with zero attached hydrogens (tertiary/aromatic N) is 9. The van der Waals surface area contributed by atoms with E-state index in [-0.39, 0.29) is 68.6 Å². The van der Waals surface area contributed by atoms with Crippen molar-refractivity contribution in [2.45, 2.75) is 39.7 Å². The number of rotatable bonds is 19. The van der Waals surface area contributed by atoms with Gasteiger partial charge in [0.1, 0.15) is 17.1 Å². The highest BCUT2D eigenvalue weighted by molar-refractivity contribution is 6.05. The first-order valence-corrected chi connectivity index (χ1v) is 30.1. The van der Waals surface area contributed by atoms with E-state index >= 15 is 0 Å². The summed E-state index contributed by atoms with van der Waals surface area (Å²) in [4.78, 5) is 108. The Hall–Kier alpha value is -10.7. The first kappa shape index (κ1) is 65.7. The van der Waals surface area contributed by atoms with Crippen molar-refractivity contribution in [2.75, 3.05) is 89.6 Å². The number of benzene rings is 6. The third-order valence-corrected chi connectivity index (χ3v) is 15.3. The number of aromatic nitrogens is 6. The Morgan fingerprint density at radius 2 is 0.891 bits per heavy atom. The number of amides is 6. The Kier molecular flexibility index (Phi) is 22.9. The molecule has 484 valence electrons. The Morgan fingerprint density at radius 1 is 0.511 bits per heavy atom. The first-order chi connectivity index (χ1) is 44.6. The highest BCUT2D eigenvalue weighted by Crippen LogP contribution is 2.24. The maximum absolute atomic E-state index is 12.7. The van der Waals surface area contributed by atoms with Crippen LogP contribution in [0.3, 0.4) is 0 Å². The number of hydrogen-bond acceptors (Lipinski definition) is 15. The number of nitrogens with one attached hydrogen (secondary N) is 4. The average Bonchev–Trinajstić information content (AvgIpc) is 0.905. The van der Waals surface area contributed by atoms with Crippen LogP contribution in [-0.4, -0.2) is 160 Å². The van der Waals surface area contributed by atoms with Crippen molar-refractivity contribution in [1.29, 1.82) is 0 Å². The van der Waals surface area contributed by atoms with Crippen molar-refractivity contribution in [3.63, 3.8) is 0 Å². The van der Waals surface area contributed by atoms with E-state index in [9.17, 15) is 28.8 Å². The quantitative estimate of drug-likeness (QED) is 0.0587. The second-order valence-electron chi connectivity index (χ2n) is 21.9. The molecule has 3 aromatic heterocycles. The van der Waals surface area contributed by atoms with Crippen LogP contribution in [0.15, 0.2) is 182 Å². The predicted octanol–water partition coefficient (Wildman–Crippen LogP) is 11.8. The molecule has 2 fully saturated rings. The number of aryl methyl sites for hydroxylation is 3. The molecule has 2 aliphatic rings. The maximum atomic E-state index is 12.7. The molecule has 21 heteroatoms. The number of hydrogen-bond donors (Lipinski definition) is 4. The summed E-state index contributed by atoms with van der Waals surface area (Å²) in [6.07, 6.45) is 7.50. The largest absolute Gasteiger partial charge is 0.383 e. The van der Waals surface area contributed by atoms with Crippen molar-refractivity contribution in [3.8, 4) is 33.8 Å². The third kappa shape index (κ3) is 17.8. The highest BCUT2D eigenvalue weighted by atomic mass is 16.5. The second-order valence-corrected chi connectivity index (χ2v) is 21.9. The molecule has 0 atom stereocenters. The standard InChI is InChI=1S/C25H27N5O2.C23H22N4O3.C23H24N4O3.7H2/c1-18-23(25(32)28-21-7-3-2-4-8-21)29-22(17-27-18)19-9-11-20(12-10-19)24(31)26-13-16-30-14-5-6-15-30;1-15-21(22(28)25-18-6-4-3-5-7-18)26-20(12-24-15)16-8-10-17(11-9-16)23(29)27-13-19(14-27)30-2;1-16-21(22(28)25-19-7-5-4-6-8-19)26-20(15-24-16)17-9-11-18(12-10-17)23(29)27(2)13-14-30-3;;;;;;;/h2-4,7-12,17H,5-6,13-16H2,1H3,(H,26,31)(H,28,32);3-12,19H,13-14H2,1-2H3,(H,25,28);4-12,15H,13-14H2,1-3H3,(H,25,28);7*1H. The summed E-state index contributed by atoms with van der Waals surface area (Å²) in [5.41, 5.74) is 10.3. The van der Waals surface area contributed by atoms with Gasteiger partial charge in [-0.2, -0.15) is 0 Å². The Balaban J connectivity index is 0.000000488. The fourth-order valence-corrected chi connectivity index (χ4v) is 9.83. The monoisotopic (exact) mass is 1250 g/mol. The zero-order valence-electron chi connectivity index (χ0n) is 52.3. The summed E-state index contributed by atoms with van der Waals surface area (Å²) < 4.78 is 10.2. The maximum Gasteiger partial charge on any atom is 0.276 e. The minimum atomic E-state index is -0.320. The average molecular weight is 1250 g/mol. The van der Waals surface area contributed by atoms with Crippen LogP contribution in [0.5, 0.6) is 0 Å². The molecule has 0 radical (unpaired) electrons. The topological polar surface area (TPSA) is 256 Å². The minimum absolute atomic E-state index is 0. The van der Waals surface area contributed by atoms with Crippen molar-refractivity contribution >= 4 is 52.5 Å². The van der Waals surface area contributed by atoms with Gasteiger partial charge in [0.05, 0.1) is 65.5 Å². The van der Waals surface area contributed by atoms with Gasteiger partial charge in [0, 0.05) is 114 Å². The number of para-hydroxylation sites is 3. The summed E-state index contributed by atoms with van der Waals surface area (Å²) >= 11 is 0. The van der Waals surface area contributed by atoms with E-state index in [1.54, 1.807) is 119 Å². The van der Waals surface area contributed by atoms with Crippen LogP contribution in [0.1, 0.15) is 102 Å². The molecule has 6 amide bonds. The molecule has 6 aromatic carbocycles.